The van der Waals surface area contributed by atoms with Crippen molar-refractivity contribution in [3.63, 3.8) is 0 Å². The first-order valence-corrected chi connectivity index (χ1v) is 11.7. The molecule has 0 saturated heterocycles. The van der Waals surface area contributed by atoms with Crippen LogP contribution in [-0.4, -0.2) is 51.2 Å². The number of carbonyl (C=O) groups is 1. The molecule has 36 heavy (non-hydrogen) atoms. The molecule has 3 rings (SSSR count). The zero-order valence-corrected chi connectivity index (χ0v) is 21.2. The van der Waals surface area contributed by atoms with Gasteiger partial charge in [-0.25, -0.2) is 19.2 Å². The average molecular weight is 520 g/mol. The number of hydrogen-bond acceptors (Lipinski definition) is 9. The Morgan fingerprint density at radius 3 is 2.67 bits per heavy atom. The molecule has 1 amide bonds. The summed E-state index contributed by atoms with van der Waals surface area (Å²) in [4.78, 5) is 48.7. The number of nitrogens with zero attached hydrogens (tertiary/aromatic N) is 5. The van der Waals surface area contributed by atoms with E-state index in [1.807, 2.05) is 0 Å². The van der Waals surface area contributed by atoms with Gasteiger partial charge in [0.05, 0.1) is 30.4 Å². The Morgan fingerprint density at radius 1 is 1.33 bits per heavy atom. The third kappa shape index (κ3) is 5.69. The third-order valence-electron chi connectivity index (χ3n) is 5.09. The first-order valence-electron chi connectivity index (χ1n) is 10.8. The highest BCUT2D eigenvalue weighted by atomic mass is 32.1. The minimum atomic E-state index is -1.39. The molecule has 1 N–H and O–H groups in total. The number of aliphatic hydroxyl groups excluding tert-OH is 1. The van der Waals surface area contributed by atoms with Crippen molar-refractivity contribution in [1.29, 1.82) is 0 Å². The van der Waals surface area contributed by atoms with Gasteiger partial charge < -0.3 is 14.7 Å². The molecule has 1 atom stereocenters. The van der Waals surface area contributed by atoms with Crippen LogP contribution < -0.4 is 21.0 Å². The number of oxime groups is 1. The van der Waals surface area contributed by atoms with Crippen molar-refractivity contribution in [2.45, 2.75) is 39.5 Å². The molecule has 13 heteroatoms. The molecule has 0 fully saturated rings. The molecule has 1 aromatic carbocycles. The molecule has 0 bridgehead atoms. The second-order valence-corrected chi connectivity index (χ2v) is 8.75. The van der Waals surface area contributed by atoms with Gasteiger partial charge in [-0.15, -0.1) is 11.3 Å². The van der Waals surface area contributed by atoms with Gasteiger partial charge in [0.1, 0.15) is 29.5 Å². The number of carbonyl (C=O) groups excluding carboxylic acids is 1. The molecule has 2 aromatic heterocycles. The number of halogens is 1. The number of methoxy groups -OCH3 is 1. The van der Waals surface area contributed by atoms with Crippen molar-refractivity contribution < 1.29 is 23.9 Å². The number of amides is 1. The highest BCUT2D eigenvalue weighted by Gasteiger charge is 2.24. The summed E-state index contributed by atoms with van der Waals surface area (Å²) < 4.78 is 20.7. The lowest BCUT2D eigenvalue weighted by Gasteiger charge is -2.22. The van der Waals surface area contributed by atoms with E-state index in [2.05, 4.69) is 10.1 Å². The fraction of sp³-hybridized carbons (Fsp3) is 0.348. The lowest BCUT2D eigenvalue weighted by Crippen LogP contribution is -2.54. The molecular formula is C23H26FN5O6S. The van der Waals surface area contributed by atoms with E-state index < -0.39 is 29.1 Å². The quantitative estimate of drug-likeness (QED) is 0.338. The van der Waals surface area contributed by atoms with Crippen molar-refractivity contribution in [2.24, 2.45) is 5.16 Å². The van der Waals surface area contributed by atoms with E-state index in [9.17, 15) is 23.9 Å². The van der Waals surface area contributed by atoms with Crippen molar-refractivity contribution in [3.05, 3.63) is 78.8 Å². The summed E-state index contributed by atoms with van der Waals surface area (Å²) in [5.74, 6) is -1.09. The summed E-state index contributed by atoms with van der Waals surface area (Å²) in [5, 5.41) is 17.1. The van der Waals surface area contributed by atoms with Crippen LogP contribution in [0.5, 0.6) is 5.75 Å². The summed E-state index contributed by atoms with van der Waals surface area (Å²) in [6.07, 6.45) is -0.458. The number of thiazole rings is 1. The van der Waals surface area contributed by atoms with Crippen LogP contribution >= 0.6 is 11.3 Å². The van der Waals surface area contributed by atoms with Crippen molar-refractivity contribution in [2.75, 3.05) is 19.2 Å². The molecule has 0 aliphatic rings. The van der Waals surface area contributed by atoms with E-state index in [1.54, 1.807) is 13.8 Å². The molecule has 1 unspecified atom stereocenters. The SMILES string of the molecule is COc1ccc(F)cc1C(O)Cn1cc(/C(C)=N/OC(C)C)c(=O)n(N(C)C(=O)c2cscn2)c1=O. The van der Waals surface area contributed by atoms with Crippen LogP contribution in [0.4, 0.5) is 4.39 Å². The molecule has 11 nitrogen and oxygen atoms in total. The van der Waals surface area contributed by atoms with Crippen molar-refractivity contribution >= 4 is 23.0 Å². The number of benzene rings is 1. The maximum absolute atomic E-state index is 13.9. The molecule has 0 radical (unpaired) electrons. The van der Waals surface area contributed by atoms with Crippen LogP contribution in [-0.2, 0) is 11.4 Å². The lowest BCUT2D eigenvalue weighted by molar-refractivity contribution is 0.0859. The number of rotatable bonds is 9. The molecule has 0 aliphatic heterocycles. The molecule has 3 aromatic rings. The Kier molecular flexibility index (Phi) is 8.37. The fourth-order valence-corrected chi connectivity index (χ4v) is 3.82. The first kappa shape index (κ1) is 26.8. The zero-order valence-electron chi connectivity index (χ0n) is 20.3. The predicted molar refractivity (Wildman–Crippen MR) is 132 cm³/mol. The fourth-order valence-electron chi connectivity index (χ4n) is 3.29. The van der Waals surface area contributed by atoms with Crippen molar-refractivity contribution in [1.82, 2.24) is 14.2 Å². The second-order valence-electron chi connectivity index (χ2n) is 8.03. The van der Waals surface area contributed by atoms with E-state index >= 15 is 0 Å². The largest absolute Gasteiger partial charge is 0.496 e. The normalized spacial score (nSPS) is 12.5. The van der Waals surface area contributed by atoms with Gasteiger partial charge >= 0.3 is 5.69 Å². The topological polar surface area (TPSA) is 128 Å². The van der Waals surface area contributed by atoms with Crippen LogP contribution in [0.25, 0.3) is 0 Å². The van der Waals surface area contributed by atoms with E-state index in [-0.39, 0.29) is 40.9 Å². The lowest BCUT2D eigenvalue weighted by atomic mass is 10.1. The Labute approximate surface area is 209 Å². The number of hydrogen-bond donors (Lipinski definition) is 1. The van der Waals surface area contributed by atoms with Crippen molar-refractivity contribution in [3.8, 4) is 5.75 Å². The number of aliphatic hydroxyl groups is 1. The zero-order chi connectivity index (χ0) is 26.6. The summed E-state index contributed by atoms with van der Waals surface area (Å²) in [7, 11) is 2.61. The van der Waals surface area contributed by atoms with E-state index in [0.29, 0.717) is 4.68 Å². The number of aromatic nitrogens is 3. The molecular weight excluding hydrogens is 493 g/mol. The maximum atomic E-state index is 13.9. The molecule has 2 heterocycles. The predicted octanol–water partition coefficient (Wildman–Crippen LogP) is 1.90. The van der Waals surface area contributed by atoms with Crippen LogP contribution in [0.2, 0.25) is 0 Å². The molecule has 0 aliphatic carbocycles. The average Bonchev–Trinajstić information content (AvgIpc) is 3.38. The number of ether oxygens (including phenoxy) is 1. The minimum absolute atomic E-state index is 0.0452. The van der Waals surface area contributed by atoms with Gasteiger partial charge in [-0.2, -0.15) is 4.68 Å². The Morgan fingerprint density at radius 2 is 2.06 bits per heavy atom. The monoisotopic (exact) mass is 519 g/mol. The van der Waals surface area contributed by atoms with Gasteiger partial charge in [-0.1, -0.05) is 5.16 Å². The first-order chi connectivity index (χ1) is 17.0. The van der Waals surface area contributed by atoms with Gasteiger partial charge in [0.2, 0.25) is 0 Å². The molecule has 192 valence electrons. The highest BCUT2D eigenvalue weighted by Crippen LogP contribution is 2.26. The van der Waals surface area contributed by atoms with E-state index in [1.165, 1.54) is 61.6 Å². The van der Waals surface area contributed by atoms with E-state index in [0.717, 1.165) is 15.6 Å². The maximum Gasteiger partial charge on any atom is 0.350 e. The summed E-state index contributed by atoms with van der Waals surface area (Å²) in [6.45, 7) is 4.62. The van der Waals surface area contributed by atoms with Gasteiger partial charge in [-0.05, 0) is 39.0 Å². The smallest absolute Gasteiger partial charge is 0.350 e. The molecule has 0 spiro atoms. The van der Waals surface area contributed by atoms with Gasteiger partial charge in [0.15, 0.2) is 0 Å². The highest BCUT2D eigenvalue weighted by molar-refractivity contribution is 7.07. The third-order valence-corrected chi connectivity index (χ3v) is 5.68. The summed E-state index contributed by atoms with van der Waals surface area (Å²) in [5.41, 5.74) is -0.0555. The summed E-state index contributed by atoms with van der Waals surface area (Å²) >= 11 is 1.18. The van der Waals surface area contributed by atoms with Gasteiger partial charge in [0, 0.05) is 24.2 Å². The minimum Gasteiger partial charge on any atom is -0.496 e. The Balaban J connectivity index is 2.15. The molecule has 0 saturated carbocycles. The standard InChI is InChI=1S/C23H26FN5O6S/c1-13(2)35-26-14(3)17-9-28(10-19(30)16-8-15(24)6-7-20(16)34-5)23(33)29(21(17)31)27(4)22(32)18-11-36-12-25-18/h6-9,11-13,19,30H,10H2,1-5H3/b26-14+. The van der Waals surface area contributed by atoms with Gasteiger partial charge in [0.25, 0.3) is 11.5 Å². The van der Waals surface area contributed by atoms with E-state index in [4.69, 9.17) is 9.57 Å². The van der Waals surface area contributed by atoms with Crippen LogP contribution in [0.15, 0.2) is 50.0 Å². The van der Waals surface area contributed by atoms with Crippen LogP contribution in [0.3, 0.4) is 0 Å². The van der Waals surface area contributed by atoms with Crippen LogP contribution in [0, 0.1) is 5.82 Å². The Bertz CT molecular complexity index is 1380. The van der Waals surface area contributed by atoms with Gasteiger partial charge in [-0.3, -0.25) is 14.2 Å². The Hall–Kier alpha value is -3.84. The van der Waals surface area contributed by atoms with Crippen LogP contribution in [0.1, 0.15) is 48.5 Å². The summed E-state index contributed by atoms with van der Waals surface area (Å²) in [6, 6.07) is 3.61. The second kappa shape index (κ2) is 11.3.